The molecule has 0 radical (unpaired) electrons. The van der Waals surface area contributed by atoms with E-state index in [-0.39, 0.29) is 16.3 Å². The minimum atomic E-state index is -0.879. The van der Waals surface area contributed by atoms with Crippen LogP contribution in [0.3, 0.4) is 0 Å². The van der Waals surface area contributed by atoms with Crippen molar-refractivity contribution in [2.75, 3.05) is 5.32 Å². The number of carbonyl (C=O) groups is 1. The molecule has 0 unspecified atom stereocenters. The molecule has 0 saturated carbocycles. The van der Waals surface area contributed by atoms with Gasteiger partial charge in [0.2, 0.25) is 0 Å². The molecule has 8 heteroatoms. The van der Waals surface area contributed by atoms with Gasteiger partial charge in [0, 0.05) is 11.0 Å². The Morgan fingerprint density at radius 2 is 2.16 bits per heavy atom. The molecule has 2 aromatic rings. The number of hydrogen-bond donors (Lipinski definition) is 1. The second-order valence-corrected chi connectivity index (χ2v) is 4.32. The first-order chi connectivity index (χ1) is 9.11. The summed E-state index contributed by atoms with van der Waals surface area (Å²) >= 11 is 1.05. The molecule has 1 heterocycles. The smallest absolute Gasteiger partial charge is 0.266 e. The number of rotatable bonds is 3. The Balaban J connectivity index is 2.25. The van der Waals surface area contributed by atoms with Gasteiger partial charge in [0.25, 0.3) is 5.91 Å². The number of anilines is 1. The van der Waals surface area contributed by atoms with Crippen LogP contribution in [0.2, 0.25) is 0 Å². The van der Waals surface area contributed by atoms with E-state index in [9.17, 15) is 13.6 Å². The number of carbonyl (C=O) groups excluding carboxylic acids is 1. The molecule has 19 heavy (non-hydrogen) atoms. The van der Waals surface area contributed by atoms with Gasteiger partial charge in [-0.25, -0.2) is 8.78 Å². The Bertz CT molecular complexity index is 679. The predicted molar refractivity (Wildman–Crippen MR) is 67.4 cm³/mol. The molecule has 0 aliphatic heterocycles. The van der Waals surface area contributed by atoms with E-state index in [1.807, 2.05) is 0 Å². The molecule has 0 bridgehead atoms. The van der Waals surface area contributed by atoms with Gasteiger partial charge in [0.15, 0.2) is 0 Å². The number of azide groups is 1. The molecular weight excluding hydrogens is 274 g/mol. The van der Waals surface area contributed by atoms with Gasteiger partial charge in [-0.3, -0.25) is 4.79 Å². The monoisotopic (exact) mass is 280 g/mol. The predicted octanol–water partition coefficient (Wildman–Crippen LogP) is 4.22. The number of amides is 1. The fourth-order valence-electron chi connectivity index (χ4n) is 1.37. The highest BCUT2D eigenvalue weighted by atomic mass is 32.1. The quantitative estimate of drug-likeness (QED) is 0.510. The lowest BCUT2D eigenvalue weighted by Crippen LogP contribution is -2.11. The lowest BCUT2D eigenvalue weighted by molar-refractivity contribution is 0.103. The summed E-state index contributed by atoms with van der Waals surface area (Å²) in [5.74, 6) is -2.24. The van der Waals surface area contributed by atoms with Gasteiger partial charge < -0.3 is 5.32 Å². The van der Waals surface area contributed by atoms with Gasteiger partial charge in [0.1, 0.15) is 16.5 Å². The molecule has 96 valence electrons. The van der Waals surface area contributed by atoms with E-state index < -0.39 is 17.5 Å². The summed E-state index contributed by atoms with van der Waals surface area (Å²) in [6.45, 7) is 0. The van der Waals surface area contributed by atoms with Crippen molar-refractivity contribution < 1.29 is 13.6 Å². The van der Waals surface area contributed by atoms with Crippen molar-refractivity contribution in [3.63, 3.8) is 0 Å². The first kappa shape index (κ1) is 13.0. The fourth-order valence-corrected chi connectivity index (χ4v) is 2.09. The van der Waals surface area contributed by atoms with E-state index in [2.05, 4.69) is 15.3 Å². The van der Waals surface area contributed by atoms with E-state index in [1.165, 1.54) is 6.07 Å². The summed E-state index contributed by atoms with van der Waals surface area (Å²) in [6, 6.07) is 4.28. The average Bonchev–Trinajstić information content (AvgIpc) is 2.81. The third kappa shape index (κ3) is 2.87. The highest BCUT2D eigenvalue weighted by molar-refractivity contribution is 7.12. The first-order valence-corrected chi connectivity index (χ1v) is 5.89. The van der Waals surface area contributed by atoms with Gasteiger partial charge in [-0.2, -0.15) is 0 Å². The molecule has 1 aromatic heterocycles. The minimum Gasteiger partial charge on any atom is -0.319 e. The average molecular weight is 280 g/mol. The van der Waals surface area contributed by atoms with E-state index in [1.54, 1.807) is 5.38 Å². The topological polar surface area (TPSA) is 77.9 Å². The molecule has 0 aliphatic carbocycles. The maximum absolute atomic E-state index is 13.4. The summed E-state index contributed by atoms with van der Waals surface area (Å²) in [5, 5.41) is 7.20. The zero-order valence-corrected chi connectivity index (χ0v) is 10.1. The third-order valence-corrected chi connectivity index (χ3v) is 3.08. The van der Waals surface area contributed by atoms with Gasteiger partial charge in [-0.05, 0) is 29.1 Å². The van der Waals surface area contributed by atoms with Crippen molar-refractivity contribution in [3.8, 4) is 0 Å². The summed E-state index contributed by atoms with van der Waals surface area (Å²) in [5.41, 5.74) is 8.35. The van der Waals surface area contributed by atoms with Crippen LogP contribution < -0.4 is 5.32 Å². The van der Waals surface area contributed by atoms with Crippen molar-refractivity contribution in [1.82, 2.24) is 0 Å². The molecular formula is C11H6F2N4OS. The summed E-state index contributed by atoms with van der Waals surface area (Å²) in [7, 11) is 0. The highest BCUT2D eigenvalue weighted by Crippen LogP contribution is 2.27. The molecule has 1 aromatic carbocycles. The van der Waals surface area contributed by atoms with Crippen LogP contribution in [0.15, 0.2) is 34.8 Å². The second kappa shape index (κ2) is 5.47. The third-order valence-electron chi connectivity index (χ3n) is 2.18. The van der Waals surface area contributed by atoms with Crippen LogP contribution in [0.5, 0.6) is 0 Å². The molecule has 1 amide bonds. The molecule has 0 spiro atoms. The van der Waals surface area contributed by atoms with Gasteiger partial charge in [-0.1, -0.05) is 5.11 Å². The molecule has 1 N–H and O–H groups in total. The van der Waals surface area contributed by atoms with Crippen molar-refractivity contribution in [3.05, 3.63) is 56.6 Å². The number of hydrogen-bond acceptors (Lipinski definition) is 3. The molecule has 2 rings (SSSR count). The molecule has 0 atom stereocenters. The fraction of sp³-hybridized carbons (Fsp3) is 0. The maximum Gasteiger partial charge on any atom is 0.266 e. The first-order valence-electron chi connectivity index (χ1n) is 5.01. The SMILES string of the molecule is [N-]=[N+]=Nc1ccsc1C(=O)Nc1ccc(F)cc1F. The summed E-state index contributed by atoms with van der Waals surface area (Å²) in [4.78, 5) is 14.6. The van der Waals surface area contributed by atoms with Crippen molar-refractivity contribution in [1.29, 1.82) is 0 Å². The number of benzene rings is 1. The second-order valence-electron chi connectivity index (χ2n) is 3.40. The van der Waals surface area contributed by atoms with Crippen LogP contribution in [-0.2, 0) is 0 Å². The Labute approximate surface area is 110 Å². The van der Waals surface area contributed by atoms with E-state index in [0.29, 0.717) is 6.07 Å². The van der Waals surface area contributed by atoms with Crippen LogP contribution >= 0.6 is 11.3 Å². The largest absolute Gasteiger partial charge is 0.319 e. The standard InChI is InChI=1S/C11H6F2N4OS/c12-6-1-2-8(7(13)5-6)15-11(18)10-9(16-17-14)3-4-19-10/h1-5H,(H,15,18). The number of thiophene rings is 1. The van der Waals surface area contributed by atoms with E-state index >= 15 is 0 Å². The Morgan fingerprint density at radius 3 is 2.84 bits per heavy atom. The summed E-state index contributed by atoms with van der Waals surface area (Å²) < 4.78 is 26.1. The van der Waals surface area contributed by atoms with E-state index in [0.717, 1.165) is 23.5 Å². The van der Waals surface area contributed by atoms with Gasteiger partial charge in [0.05, 0.1) is 11.4 Å². The minimum absolute atomic E-state index is 0.147. The van der Waals surface area contributed by atoms with Gasteiger partial charge in [-0.15, -0.1) is 11.3 Å². The lowest BCUT2D eigenvalue weighted by Gasteiger charge is -2.05. The normalized spacial score (nSPS) is 9.79. The lowest BCUT2D eigenvalue weighted by atomic mass is 10.3. The zero-order valence-electron chi connectivity index (χ0n) is 9.30. The molecule has 5 nitrogen and oxygen atoms in total. The van der Waals surface area contributed by atoms with Crippen molar-refractivity contribution in [2.24, 2.45) is 5.11 Å². The van der Waals surface area contributed by atoms with Crippen LogP contribution in [0.25, 0.3) is 10.4 Å². The number of halogens is 2. The Morgan fingerprint density at radius 1 is 1.37 bits per heavy atom. The number of nitrogens with one attached hydrogen (secondary N) is 1. The molecule has 0 fully saturated rings. The van der Waals surface area contributed by atoms with Crippen molar-refractivity contribution in [2.45, 2.75) is 0 Å². The zero-order chi connectivity index (χ0) is 13.8. The summed E-state index contributed by atoms with van der Waals surface area (Å²) in [6.07, 6.45) is 0. The Hall–Kier alpha value is -2.44. The number of nitrogens with zero attached hydrogens (tertiary/aromatic N) is 3. The molecule has 0 aliphatic rings. The van der Waals surface area contributed by atoms with E-state index in [4.69, 9.17) is 5.53 Å². The van der Waals surface area contributed by atoms with Crippen LogP contribution in [0.4, 0.5) is 20.2 Å². The van der Waals surface area contributed by atoms with Crippen LogP contribution in [0, 0.1) is 11.6 Å². The van der Waals surface area contributed by atoms with Gasteiger partial charge >= 0.3 is 0 Å². The van der Waals surface area contributed by atoms with Crippen molar-refractivity contribution >= 4 is 28.6 Å². The Kier molecular flexibility index (Phi) is 3.74. The molecule has 0 saturated heterocycles. The van der Waals surface area contributed by atoms with Crippen LogP contribution in [0.1, 0.15) is 9.67 Å². The maximum atomic E-state index is 13.4. The van der Waals surface area contributed by atoms with Crippen LogP contribution in [-0.4, -0.2) is 5.91 Å². The highest BCUT2D eigenvalue weighted by Gasteiger charge is 2.14.